The van der Waals surface area contributed by atoms with Gasteiger partial charge in [0.05, 0.1) is 6.04 Å². The molecule has 2 aliphatic rings. The van der Waals surface area contributed by atoms with Gasteiger partial charge in [-0.15, -0.1) is 24.8 Å². The van der Waals surface area contributed by atoms with Crippen LogP contribution in [0.3, 0.4) is 0 Å². The van der Waals surface area contributed by atoms with E-state index in [2.05, 4.69) is 22.5 Å². The topological polar surface area (TPSA) is 44.4 Å². The van der Waals surface area contributed by atoms with E-state index in [0.29, 0.717) is 5.92 Å². The number of carbonyl (C=O) groups is 1. The summed E-state index contributed by atoms with van der Waals surface area (Å²) in [4.78, 5) is 14.4. The van der Waals surface area contributed by atoms with Crippen molar-refractivity contribution in [2.24, 2.45) is 5.92 Å². The van der Waals surface area contributed by atoms with Crippen LogP contribution in [0.2, 0.25) is 0 Å². The second kappa shape index (κ2) is 9.81. The third kappa shape index (κ3) is 5.86. The van der Waals surface area contributed by atoms with Crippen molar-refractivity contribution in [3.8, 4) is 0 Å². The van der Waals surface area contributed by atoms with Crippen LogP contribution in [0, 0.1) is 5.92 Å². The molecule has 6 heteroatoms. The highest BCUT2D eigenvalue weighted by atomic mass is 35.5. The van der Waals surface area contributed by atoms with Gasteiger partial charge in [-0.25, -0.2) is 0 Å². The molecule has 2 aliphatic heterocycles. The van der Waals surface area contributed by atoms with E-state index in [1.54, 1.807) is 0 Å². The van der Waals surface area contributed by atoms with E-state index in [1.807, 2.05) is 0 Å². The fraction of sp³-hybridized carbons (Fsp3) is 0.923. The molecule has 4 nitrogen and oxygen atoms in total. The van der Waals surface area contributed by atoms with Crippen LogP contribution < -0.4 is 10.6 Å². The van der Waals surface area contributed by atoms with E-state index >= 15 is 0 Å². The minimum Gasteiger partial charge on any atom is -0.354 e. The first-order chi connectivity index (χ1) is 8.29. The van der Waals surface area contributed by atoms with Crippen LogP contribution in [0.4, 0.5) is 0 Å². The fourth-order valence-electron chi connectivity index (χ4n) is 2.81. The molecule has 0 aromatic carbocycles. The molecule has 2 saturated heterocycles. The first-order valence-corrected chi connectivity index (χ1v) is 7.03. The summed E-state index contributed by atoms with van der Waals surface area (Å²) in [7, 11) is 0. The lowest BCUT2D eigenvalue weighted by Gasteiger charge is -2.23. The fourth-order valence-corrected chi connectivity index (χ4v) is 2.81. The summed E-state index contributed by atoms with van der Waals surface area (Å²) >= 11 is 0. The van der Waals surface area contributed by atoms with E-state index in [9.17, 15) is 4.79 Å². The molecule has 2 atom stereocenters. The third-order valence-corrected chi connectivity index (χ3v) is 4.01. The first-order valence-electron chi connectivity index (χ1n) is 7.03. The lowest BCUT2D eigenvalue weighted by molar-refractivity contribution is -0.123. The van der Waals surface area contributed by atoms with Crippen LogP contribution in [-0.4, -0.2) is 49.6 Å². The molecule has 19 heavy (non-hydrogen) atoms. The van der Waals surface area contributed by atoms with Crippen LogP contribution in [0.5, 0.6) is 0 Å². The van der Waals surface area contributed by atoms with Gasteiger partial charge in [0.1, 0.15) is 0 Å². The summed E-state index contributed by atoms with van der Waals surface area (Å²) in [6.45, 7) is 7.52. The predicted octanol–water partition coefficient (Wildman–Crippen LogP) is 1.43. The Morgan fingerprint density at radius 3 is 2.68 bits per heavy atom. The number of hydrogen-bond acceptors (Lipinski definition) is 3. The lowest BCUT2D eigenvalue weighted by atomic mass is 10.0. The Bertz CT molecular complexity index is 260. The van der Waals surface area contributed by atoms with E-state index in [-0.39, 0.29) is 36.8 Å². The van der Waals surface area contributed by atoms with Gasteiger partial charge in [-0.3, -0.25) is 4.79 Å². The van der Waals surface area contributed by atoms with Crippen molar-refractivity contribution in [1.29, 1.82) is 0 Å². The van der Waals surface area contributed by atoms with Gasteiger partial charge in [0, 0.05) is 13.1 Å². The summed E-state index contributed by atoms with van der Waals surface area (Å²) in [5.41, 5.74) is 0. The largest absolute Gasteiger partial charge is 0.354 e. The highest BCUT2D eigenvalue weighted by Gasteiger charge is 2.24. The van der Waals surface area contributed by atoms with Crippen molar-refractivity contribution in [2.75, 3.05) is 32.7 Å². The van der Waals surface area contributed by atoms with Gasteiger partial charge in [-0.2, -0.15) is 0 Å². The molecule has 2 unspecified atom stereocenters. The van der Waals surface area contributed by atoms with Gasteiger partial charge in [0.25, 0.3) is 0 Å². The summed E-state index contributed by atoms with van der Waals surface area (Å²) in [5, 5.41) is 6.40. The Morgan fingerprint density at radius 1 is 1.32 bits per heavy atom. The maximum absolute atomic E-state index is 11.9. The highest BCUT2D eigenvalue weighted by molar-refractivity contribution is 5.85. The second-order valence-electron chi connectivity index (χ2n) is 5.30. The van der Waals surface area contributed by atoms with Gasteiger partial charge in [-0.05, 0) is 44.8 Å². The molecule has 0 spiro atoms. The van der Waals surface area contributed by atoms with Crippen LogP contribution in [0.1, 0.15) is 32.6 Å². The quantitative estimate of drug-likeness (QED) is 0.825. The van der Waals surface area contributed by atoms with Gasteiger partial charge < -0.3 is 15.5 Å². The van der Waals surface area contributed by atoms with Gasteiger partial charge in [-0.1, -0.05) is 13.3 Å². The van der Waals surface area contributed by atoms with Crippen LogP contribution in [0.15, 0.2) is 0 Å². The van der Waals surface area contributed by atoms with Crippen molar-refractivity contribution >= 4 is 30.7 Å². The zero-order valence-corrected chi connectivity index (χ0v) is 13.3. The average Bonchev–Trinajstić information content (AvgIpc) is 2.85. The number of rotatable bonds is 4. The number of nitrogens with one attached hydrogen (secondary N) is 2. The van der Waals surface area contributed by atoms with Crippen molar-refractivity contribution in [2.45, 2.75) is 38.6 Å². The lowest BCUT2D eigenvalue weighted by Crippen LogP contribution is -2.47. The maximum atomic E-state index is 11.9. The molecule has 2 rings (SSSR count). The molecular weight excluding hydrogens is 285 g/mol. The zero-order chi connectivity index (χ0) is 12.1. The molecule has 0 aliphatic carbocycles. The van der Waals surface area contributed by atoms with Crippen molar-refractivity contribution in [1.82, 2.24) is 15.5 Å². The molecule has 114 valence electrons. The Hall–Kier alpha value is -0.0300. The highest BCUT2D eigenvalue weighted by Crippen LogP contribution is 2.14. The molecular formula is C13H27Cl2N3O. The van der Waals surface area contributed by atoms with Gasteiger partial charge in [0.15, 0.2) is 0 Å². The Kier molecular flexibility index (Phi) is 9.79. The van der Waals surface area contributed by atoms with E-state index in [4.69, 9.17) is 0 Å². The van der Waals surface area contributed by atoms with E-state index in [1.165, 1.54) is 25.8 Å². The zero-order valence-electron chi connectivity index (χ0n) is 11.7. The summed E-state index contributed by atoms with van der Waals surface area (Å²) in [5.74, 6) is 0.863. The second-order valence-corrected chi connectivity index (χ2v) is 5.30. The molecule has 2 fully saturated rings. The molecule has 2 heterocycles. The van der Waals surface area contributed by atoms with Crippen molar-refractivity contribution in [3.05, 3.63) is 0 Å². The van der Waals surface area contributed by atoms with E-state index in [0.717, 1.165) is 32.6 Å². The normalized spacial score (nSPS) is 27.2. The minimum absolute atomic E-state index is 0. The molecule has 0 bridgehead atoms. The summed E-state index contributed by atoms with van der Waals surface area (Å²) in [6.07, 6.45) is 4.61. The number of carbonyl (C=O) groups excluding carboxylic acids is 1. The van der Waals surface area contributed by atoms with E-state index < -0.39 is 0 Å². The first kappa shape index (κ1) is 19.0. The molecule has 0 saturated carbocycles. The number of halogens is 2. The maximum Gasteiger partial charge on any atom is 0.237 e. The standard InChI is InChI=1S/C13H25N3O.2ClH/c1-2-16-8-6-11(10-16)9-15-13(17)12-5-3-4-7-14-12;;/h11-12,14H,2-10H2,1H3,(H,15,17);2*1H. The predicted molar refractivity (Wildman–Crippen MR) is 83.4 cm³/mol. The Morgan fingerprint density at radius 2 is 2.11 bits per heavy atom. The Balaban J connectivity index is 0.00000162. The summed E-state index contributed by atoms with van der Waals surface area (Å²) in [6, 6.07) is 0.0624. The molecule has 0 aromatic rings. The molecule has 2 N–H and O–H groups in total. The third-order valence-electron chi connectivity index (χ3n) is 4.01. The number of likely N-dealkylation sites (tertiary alicyclic amines) is 1. The van der Waals surface area contributed by atoms with Crippen LogP contribution >= 0.6 is 24.8 Å². The molecule has 0 aromatic heterocycles. The average molecular weight is 312 g/mol. The summed E-state index contributed by atoms with van der Waals surface area (Å²) < 4.78 is 0. The molecule has 1 amide bonds. The monoisotopic (exact) mass is 311 g/mol. The van der Waals surface area contributed by atoms with Crippen LogP contribution in [0.25, 0.3) is 0 Å². The SMILES string of the molecule is CCN1CCC(CNC(=O)C2CCCCN2)C1.Cl.Cl. The minimum atomic E-state index is 0. The Labute approximate surface area is 128 Å². The van der Waals surface area contributed by atoms with Gasteiger partial charge >= 0.3 is 0 Å². The number of hydrogen-bond donors (Lipinski definition) is 2. The number of piperidine rings is 1. The van der Waals surface area contributed by atoms with Gasteiger partial charge in [0.2, 0.25) is 5.91 Å². The molecule has 0 radical (unpaired) electrons. The number of nitrogens with zero attached hydrogens (tertiary/aromatic N) is 1. The number of amides is 1. The van der Waals surface area contributed by atoms with Crippen molar-refractivity contribution < 1.29 is 4.79 Å². The van der Waals surface area contributed by atoms with Crippen LogP contribution in [-0.2, 0) is 4.79 Å². The smallest absolute Gasteiger partial charge is 0.237 e. The van der Waals surface area contributed by atoms with Crippen molar-refractivity contribution in [3.63, 3.8) is 0 Å².